The third kappa shape index (κ3) is 11.1. The summed E-state index contributed by atoms with van der Waals surface area (Å²) in [6.45, 7) is 3.05. The van der Waals surface area contributed by atoms with Gasteiger partial charge in [-0.1, -0.05) is 0 Å². The lowest BCUT2D eigenvalue weighted by Gasteiger charge is -2.10. The van der Waals surface area contributed by atoms with Gasteiger partial charge in [0, 0.05) is 26.8 Å². The van der Waals surface area contributed by atoms with E-state index < -0.39 is 0 Å². The molecular weight excluding hydrogens is 194 g/mol. The Labute approximate surface area is 92.2 Å². The van der Waals surface area contributed by atoms with Crippen LogP contribution < -0.4 is 10.6 Å². The molecule has 5 heteroatoms. The molecule has 0 unspecified atom stereocenters. The van der Waals surface area contributed by atoms with E-state index >= 15 is 0 Å². The number of amides is 2. The number of methoxy groups -OCH3 is 1. The molecule has 0 heterocycles. The van der Waals surface area contributed by atoms with Gasteiger partial charge in [0.1, 0.15) is 0 Å². The van der Waals surface area contributed by atoms with E-state index in [-0.39, 0.29) is 6.03 Å². The first-order valence-corrected chi connectivity index (χ1v) is 5.32. The molecule has 0 bridgehead atoms. The molecule has 0 aliphatic rings. The molecule has 0 radical (unpaired) electrons. The second-order valence-corrected chi connectivity index (χ2v) is 3.69. The monoisotopic (exact) mass is 217 g/mol. The third-order valence-electron chi connectivity index (χ3n) is 1.88. The maximum Gasteiger partial charge on any atom is 0.314 e. The molecule has 0 spiro atoms. The highest BCUT2D eigenvalue weighted by Crippen LogP contribution is 1.81. The molecular formula is C10H23N3O2. The second kappa shape index (κ2) is 9.73. The van der Waals surface area contributed by atoms with Gasteiger partial charge in [-0.15, -0.1) is 0 Å². The van der Waals surface area contributed by atoms with Crippen LogP contribution in [0.1, 0.15) is 12.8 Å². The Balaban J connectivity index is 3.19. The van der Waals surface area contributed by atoms with Crippen molar-refractivity contribution in [2.75, 3.05) is 47.4 Å². The van der Waals surface area contributed by atoms with Crippen LogP contribution in [-0.4, -0.2) is 58.4 Å². The summed E-state index contributed by atoms with van der Waals surface area (Å²) in [6.07, 6.45) is 1.82. The topological polar surface area (TPSA) is 53.6 Å². The van der Waals surface area contributed by atoms with Gasteiger partial charge in [0.2, 0.25) is 0 Å². The fraction of sp³-hybridized carbons (Fsp3) is 0.900. The maximum atomic E-state index is 11.2. The average molecular weight is 217 g/mol. The van der Waals surface area contributed by atoms with E-state index in [1.165, 1.54) is 0 Å². The van der Waals surface area contributed by atoms with Gasteiger partial charge < -0.3 is 20.3 Å². The molecule has 0 aromatic heterocycles. The molecule has 0 aliphatic heterocycles. The van der Waals surface area contributed by atoms with Crippen molar-refractivity contribution in [1.82, 2.24) is 15.5 Å². The van der Waals surface area contributed by atoms with Crippen LogP contribution in [-0.2, 0) is 4.74 Å². The standard InChI is InChI=1S/C10H23N3O2/c1-13(2)8-4-6-11-10(14)12-7-5-9-15-3/h4-9H2,1-3H3,(H2,11,12,14). The molecule has 0 atom stereocenters. The van der Waals surface area contributed by atoms with Gasteiger partial charge in [-0.2, -0.15) is 0 Å². The van der Waals surface area contributed by atoms with Crippen molar-refractivity contribution in [2.24, 2.45) is 0 Å². The van der Waals surface area contributed by atoms with Crippen molar-refractivity contribution in [2.45, 2.75) is 12.8 Å². The number of rotatable bonds is 8. The minimum absolute atomic E-state index is 0.0927. The van der Waals surface area contributed by atoms with Crippen LogP contribution in [0, 0.1) is 0 Å². The molecule has 0 saturated heterocycles. The first-order valence-electron chi connectivity index (χ1n) is 5.32. The summed E-state index contributed by atoms with van der Waals surface area (Å²) in [5.41, 5.74) is 0. The van der Waals surface area contributed by atoms with Crippen molar-refractivity contribution in [1.29, 1.82) is 0 Å². The molecule has 90 valence electrons. The Morgan fingerprint density at radius 3 is 2.33 bits per heavy atom. The van der Waals surface area contributed by atoms with Crippen LogP contribution >= 0.6 is 0 Å². The Morgan fingerprint density at radius 2 is 1.80 bits per heavy atom. The lowest BCUT2D eigenvalue weighted by molar-refractivity contribution is 0.193. The van der Waals surface area contributed by atoms with Crippen molar-refractivity contribution < 1.29 is 9.53 Å². The SMILES string of the molecule is COCCCNC(=O)NCCCN(C)C. The van der Waals surface area contributed by atoms with Crippen LogP contribution in [0.25, 0.3) is 0 Å². The van der Waals surface area contributed by atoms with E-state index in [0.29, 0.717) is 19.7 Å². The van der Waals surface area contributed by atoms with Crippen molar-refractivity contribution in [3.8, 4) is 0 Å². The quantitative estimate of drug-likeness (QED) is 0.574. The average Bonchev–Trinajstić information content (AvgIpc) is 2.19. The predicted octanol–water partition coefficient (Wildman–Crippen LogP) is 0.274. The Kier molecular flexibility index (Phi) is 9.21. The van der Waals surface area contributed by atoms with Crippen LogP contribution in [0.15, 0.2) is 0 Å². The number of ether oxygens (including phenoxy) is 1. The normalized spacial score (nSPS) is 10.4. The fourth-order valence-electron chi connectivity index (χ4n) is 1.08. The number of carbonyl (C=O) groups is 1. The lowest BCUT2D eigenvalue weighted by Crippen LogP contribution is -2.37. The molecule has 0 aliphatic carbocycles. The Hall–Kier alpha value is -0.810. The molecule has 2 amide bonds. The second-order valence-electron chi connectivity index (χ2n) is 3.69. The molecule has 0 aromatic carbocycles. The van der Waals surface area contributed by atoms with Gasteiger partial charge in [0.05, 0.1) is 0 Å². The molecule has 15 heavy (non-hydrogen) atoms. The van der Waals surface area contributed by atoms with Gasteiger partial charge >= 0.3 is 6.03 Å². The lowest BCUT2D eigenvalue weighted by atomic mass is 10.4. The smallest absolute Gasteiger partial charge is 0.314 e. The summed E-state index contributed by atoms with van der Waals surface area (Å²) in [5, 5.41) is 5.56. The van der Waals surface area contributed by atoms with Crippen LogP contribution in [0.4, 0.5) is 4.79 Å². The highest BCUT2D eigenvalue weighted by molar-refractivity contribution is 5.73. The van der Waals surface area contributed by atoms with Gasteiger partial charge in [0.15, 0.2) is 0 Å². The van der Waals surface area contributed by atoms with Gasteiger partial charge in [-0.25, -0.2) is 4.79 Å². The zero-order valence-electron chi connectivity index (χ0n) is 10.0. The van der Waals surface area contributed by atoms with E-state index in [0.717, 1.165) is 19.4 Å². The fourth-order valence-corrected chi connectivity index (χ4v) is 1.08. The number of nitrogens with zero attached hydrogens (tertiary/aromatic N) is 1. The van der Waals surface area contributed by atoms with Gasteiger partial charge in [-0.3, -0.25) is 0 Å². The van der Waals surface area contributed by atoms with Gasteiger partial charge in [-0.05, 0) is 33.5 Å². The Morgan fingerprint density at radius 1 is 1.20 bits per heavy atom. The molecule has 0 aromatic rings. The van der Waals surface area contributed by atoms with Crippen molar-refractivity contribution in [3.63, 3.8) is 0 Å². The molecule has 5 nitrogen and oxygen atoms in total. The van der Waals surface area contributed by atoms with E-state index in [2.05, 4.69) is 15.5 Å². The summed E-state index contributed by atoms with van der Waals surface area (Å²) < 4.78 is 4.87. The van der Waals surface area contributed by atoms with E-state index in [1.807, 2.05) is 14.1 Å². The third-order valence-corrected chi connectivity index (χ3v) is 1.88. The zero-order chi connectivity index (χ0) is 11.5. The van der Waals surface area contributed by atoms with Crippen molar-refractivity contribution in [3.05, 3.63) is 0 Å². The summed E-state index contributed by atoms with van der Waals surface area (Å²) in [4.78, 5) is 13.3. The van der Waals surface area contributed by atoms with Gasteiger partial charge in [0.25, 0.3) is 0 Å². The number of nitrogens with one attached hydrogen (secondary N) is 2. The largest absolute Gasteiger partial charge is 0.385 e. The number of carbonyl (C=O) groups excluding carboxylic acids is 1. The molecule has 0 rings (SSSR count). The van der Waals surface area contributed by atoms with E-state index in [9.17, 15) is 4.79 Å². The molecule has 2 N–H and O–H groups in total. The van der Waals surface area contributed by atoms with Crippen molar-refractivity contribution >= 4 is 6.03 Å². The van der Waals surface area contributed by atoms with E-state index in [4.69, 9.17) is 4.74 Å². The summed E-state index contributed by atoms with van der Waals surface area (Å²) in [6, 6.07) is -0.0927. The van der Waals surface area contributed by atoms with E-state index in [1.54, 1.807) is 7.11 Å². The van der Waals surface area contributed by atoms with Crippen LogP contribution in [0.3, 0.4) is 0 Å². The molecule has 0 fully saturated rings. The number of hydrogen-bond acceptors (Lipinski definition) is 3. The number of hydrogen-bond donors (Lipinski definition) is 2. The Bertz CT molecular complexity index is 163. The molecule has 0 saturated carbocycles. The zero-order valence-corrected chi connectivity index (χ0v) is 10.0. The minimum atomic E-state index is -0.0927. The maximum absolute atomic E-state index is 11.2. The summed E-state index contributed by atoms with van der Waals surface area (Å²) in [7, 11) is 5.69. The highest BCUT2D eigenvalue weighted by Gasteiger charge is 1.98. The summed E-state index contributed by atoms with van der Waals surface area (Å²) >= 11 is 0. The van der Waals surface area contributed by atoms with Crippen LogP contribution in [0.2, 0.25) is 0 Å². The highest BCUT2D eigenvalue weighted by atomic mass is 16.5. The van der Waals surface area contributed by atoms with Crippen LogP contribution in [0.5, 0.6) is 0 Å². The first kappa shape index (κ1) is 14.2. The number of urea groups is 1. The summed E-state index contributed by atoms with van der Waals surface area (Å²) in [5.74, 6) is 0. The minimum Gasteiger partial charge on any atom is -0.385 e. The first-order chi connectivity index (χ1) is 7.16. The predicted molar refractivity (Wildman–Crippen MR) is 61.1 cm³/mol.